The quantitative estimate of drug-likeness (QED) is 0.817. The maximum absolute atomic E-state index is 11.1. The van der Waals surface area contributed by atoms with Gasteiger partial charge in [-0.25, -0.2) is 13.2 Å². The highest BCUT2D eigenvalue weighted by molar-refractivity contribution is 7.94. The molecule has 0 aliphatic heterocycles. The molecule has 0 unspecified atom stereocenters. The summed E-state index contributed by atoms with van der Waals surface area (Å²) in [6.07, 6.45) is 0. The molecule has 15 heavy (non-hydrogen) atoms. The highest BCUT2D eigenvalue weighted by Gasteiger charge is 2.06. The molecule has 1 rings (SSSR count). The van der Waals surface area contributed by atoms with Crippen molar-refractivity contribution < 1.29 is 18.3 Å². The Hall–Kier alpha value is -1.33. The van der Waals surface area contributed by atoms with Crippen molar-refractivity contribution in [2.45, 2.75) is 4.90 Å². The van der Waals surface area contributed by atoms with Gasteiger partial charge in [-0.3, -0.25) is 0 Å². The SMILES string of the molecule is C=CS(=O)(=O)c1ccccc1.O=C(O)Cl. The lowest BCUT2D eigenvalue weighted by molar-refractivity contribution is 0.220. The summed E-state index contributed by atoms with van der Waals surface area (Å²) in [5.74, 6) is 0. The number of halogens is 1. The second-order valence-corrected chi connectivity index (χ2v) is 4.50. The number of benzene rings is 1. The first-order valence-corrected chi connectivity index (χ1v) is 5.63. The molecule has 0 heterocycles. The second-order valence-electron chi connectivity index (χ2n) is 2.28. The van der Waals surface area contributed by atoms with E-state index in [1.54, 1.807) is 18.2 Å². The van der Waals surface area contributed by atoms with Crippen molar-refractivity contribution in [3.05, 3.63) is 42.3 Å². The molecule has 0 aliphatic carbocycles. The van der Waals surface area contributed by atoms with Gasteiger partial charge in [0.1, 0.15) is 0 Å². The Bertz CT molecular complexity index is 421. The Labute approximate surface area is 92.7 Å². The maximum atomic E-state index is 11.1. The monoisotopic (exact) mass is 248 g/mol. The molecule has 1 aromatic rings. The fraction of sp³-hybridized carbons (Fsp3) is 0. The van der Waals surface area contributed by atoms with E-state index in [1.165, 1.54) is 12.1 Å². The first kappa shape index (κ1) is 13.7. The van der Waals surface area contributed by atoms with Crippen LogP contribution in [0.2, 0.25) is 0 Å². The first-order valence-electron chi connectivity index (χ1n) is 3.71. The highest BCUT2D eigenvalue weighted by Crippen LogP contribution is 2.09. The van der Waals surface area contributed by atoms with Gasteiger partial charge in [-0.2, -0.15) is 0 Å². The summed E-state index contributed by atoms with van der Waals surface area (Å²) >= 11 is 4.19. The summed E-state index contributed by atoms with van der Waals surface area (Å²) in [4.78, 5) is 9.05. The fourth-order valence-electron chi connectivity index (χ4n) is 0.706. The molecule has 0 aliphatic rings. The molecule has 1 N–H and O–H groups in total. The number of carbonyl (C=O) groups is 1. The van der Waals surface area contributed by atoms with E-state index >= 15 is 0 Å². The molecule has 4 nitrogen and oxygen atoms in total. The van der Waals surface area contributed by atoms with Crippen LogP contribution in [0.15, 0.2) is 47.2 Å². The van der Waals surface area contributed by atoms with Crippen molar-refractivity contribution in [2.24, 2.45) is 0 Å². The smallest absolute Gasteiger partial charge is 0.401 e. The van der Waals surface area contributed by atoms with Gasteiger partial charge in [0.2, 0.25) is 0 Å². The van der Waals surface area contributed by atoms with E-state index in [1.807, 2.05) is 0 Å². The van der Waals surface area contributed by atoms with Crippen LogP contribution in [0.25, 0.3) is 0 Å². The zero-order valence-corrected chi connectivity index (χ0v) is 9.20. The third-order valence-corrected chi connectivity index (χ3v) is 2.66. The maximum Gasteiger partial charge on any atom is 0.401 e. The second kappa shape index (κ2) is 6.21. The van der Waals surface area contributed by atoms with Crippen LogP contribution in [0.4, 0.5) is 4.79 Å². The van der Waals surface area contributed by atoms with Gasteiger partial charge in [-0.1, -0.05) is 24.8 Å². The largest absolute Gasteiger partial charge is 0.469 e. The molecule has 0 amide bonds. The van der Waals surface area contributed by atoms with E-state index in [-0.39, 0.29) is 4.90 Å². The third kappa shape index (κ3) is 5.87. The molecule has 0 radical (unpaired) electrons. The molecular weight excluding hydrogens is 240 g/mol. The van der Waals surface area contributed by atoms with Crippen molar-refractivity contribution in [1.82, 2.24) is 0 Å². The Balaban J connectivity index is 0.000000423. The average Bonchev–Trinajstić information content (AvgIpc) is 2.18. The number of hydrogen-bond acceptors (Lipinski definition) is 3. The van der Waals surface area contributed by atoms with Crippen molar-refractivity contribution in [3.63, 3.8) is 0 Å². The molecular formula is C9H9ClO4S. The van der Waals surface area contributed by atoms with Gasteiger partial charge in [0, 0.05) is 17.0 Å². The van der Waals surface area contributed by atoms with E-state index in [2.05, 4.69) is 18.2 Å². The number of hydrogen-bond donors (Lipinski definition) is 1. The Kier molecular flexibility index (Phi) is 5.66. The molecule has 0 aromatic heterocycles. The molecule has 0 saturated carbocycles. The van der Waals surface area contributed by atoms with Crippen molar-refractivity contribution in [3.8, 4) is 0 Å². The van der Waals surface area contributed by atoms with Crippen molar-refractivity contribution in [1.29, 1.82) is 0 Å². The third-order valence-electron chi connectivity index (χ3n) is 1.29. The fourth-order valence-corrected chi connectivity index (χ4v) is 1.44. The Morgan fingerprint density at radius 3 is 2.07 bits per heavy atom. The van der Waals surface area contributed by atoms with Gasteiger partial charge >= 0.3 is 5.43 Å². The Morgan fingerprint density at radius 1 is 1.33 bits per heavy atom. The predicted octanol–water partition coefficient (Wildman–Crippen LogP) is 2.51. The van der Waals surface area contributed by atoms with Gasteiger partial charge in [-0.15, -0.1) is 0 Å². The summed E-state index contributed by atoms with van der Waals surface area (Å²) < 4.78 is 22.2. The topological polar surface area (TPSA) is 71.4 Å². The van der Waals surface area contributed by atoms with Crippen LogP contribution in [0.3, 0.4) is 0 Å². The normalized spacial score (nSPS) is 9.67. The van der Waals surface area contributed by atoms with Gasteiger partial charge < -0.3 is 5.11 Å². The van der Waals surface area contributed by atoms with Crippen LogP contribution in [-0.2, 0) is 9.84 Å². The van der Waals surface area contributed by atoms with E-state index in [0.717, 1.165) is 5.41 Å². The lowest BCUT2D eigenvalue weighted by Gasteiger charge is -1.95. The molecule has 0 atom stereocenters. The lowest BCUT2D eigenvalue weighted by Crippen LogP contribution is -1.93. The molecule has 0 saturated heterocycles. The average molecular weight is 249 g/mol. The van der Waals surface area contributed by atoms with Gasteiger partial charge in [-0.05, 0) is 12.1 Å². The summed E-state index contributed by atoms with van der Waals surface area (Å²) in [7, 11) is -3.23. The standard InChI is InChI=1S/C8H8O2S.CHClO2/c1-2-11(9,10)8-6-4-3-5-7-8;2-1(3)4/h2-7H,1H2;(H,3,4). The Morgan fingerprint density at radius 2 is 1.73 bits per heavy atom. The predicted molar refractivity (Wildman–Crippen MR) is 57.7 cm³/mol. The molecule has 1 aromatic carbocycles. The van der Waals surface area contributed by atoms with Crippen LogP contribution in [0.5, 0.6) is 0 Å². The zero-order chi connectivity index (χ0) is 11.9. The summed E-state index contributed by atoms with van der Waals surface area (Å²) in [6.45, 7) is 3.22. The first-order chi connectivity index (χ1) is 6.90. The number of carboxylic acid groups (broad SMARTS) is 1. The molecule has 0 fully saturated rings. The van der Waals surface area contributed by atoms with Crippen LogP contribution < -0.4 is 0 Å². The molecule has 0 bridgehead atoms. The van der Waals surface area contributed by atoms with E-state index in [4.69, 9.17) is 9.90 Å². The van der Waals surface area contributed by atoms with Crippen molar-refractivity contribution in [2.75, 3.05) is 0 Å². The van der Waals surface area contributed by atoms with E-state index < -0.39 is 15.3 Å². The minimum absolute atomic E-state index is 0.287. The summed E-state index contributed by atoms with van der Waals surface area (Å²) in [6, 6.07) is 8.20. The van der Waals surface area contributed by atoms with Crippen molar-refractivity contribution >= 4 is 26.9 Å². The lowest BCUT2D eigenvalue weighted by atomic mass is 10.4. The molecule has 0 spiro atoms. The van der Waals surface area contributed by atoms with Crippen LogP contribution in [-0.4, -0.2) is 19.0 Å². The van der Waals surface area contributed by atoms with Crippen LogP contribution >= 0.6 is 11.6 Å². The van der Waals surface area contributed by atoms with Crippen LogP contribution in [0, 0.1) is 0 Å². The highest BCUT2D eigenvalue weighted by atomic mass is 35.5. The van der Waals surface area contributed by atoms with Gasteiger partial charge in [0.15, 0.2) is 9.84 Å². The molecule has 82 valence electrons. The summed E-state index contributed by atoms with van der Waals surface area (Å²) in [5.41, 5.74) is -1.36. The van der Waals surface area contributed by atoms with Crippen LogP contribution in [0.1, 0.15) is 0 Å². The zero-order valence-electron chi connectivity index (χ0n) is 7.63. The number of rotatable bonds is 2. The minimum Gasteiger partial charge on any atom is -0.469 e. The summed E-state index contributed by atoms with van der Waals surface area (Å²) in [5, 5.41) is 8.13. The molecule has 6 heteroatoms. The van der Waals surface area contributed by atoms with Gasteiger partial charge in [0.25, 0.3) is 0 Å². The minimum atomic E-state index is -3.23. The van der Waals surface area contributed by atoms with E-state index in [9.17, 15) is 8.42 Å². The van der Waals surface area contributed by atoms with E-state index in [0.29, 0.717) is 0 Å². The van der Waals surface area contributed by atoms with Gasteiger partial charge in [0.05, 0.1) is 4.90 Å². The number of sulfone groups is 1.